The van der Waals surface area contributed by atoms with E-state index in [4.69, 9.17) is 27.9 Å². The minimum absolute atomic E-state index is 0.0328. The van der Waals surface area contributed by atoms with E-state index in [2.05, 4.69) is 15.1 Å². The van der Waals surface area contributed by atoms with Crippen LogP contribution in [0.15, 0.2) is 29.4 Å². The predicted molar refractivity (Wildman–Crippen MR) is 121 cm³/mol. The molecule has 2 heterocycles. The van der Waals surface area contributed by atoms with Crippen LogP contribution in [-0.4, -0.2) is 43.9 Å². The molecule has 0 aliphatic rings. The number of nitrogens with zero attached hydrogens (tertiary/aromatic N) is 4. The summed E-state index contributed by atoms with van der Waals surface area (Å²) in [7, 11) is 0. The Kier molecular flexibility index (Phi) is 7.35. The molecule has 0 fully saturated rings. The first kappa shape index (κ1) is 23.2. The summed E-state index contributed by atoms with van der Waals surface area (Å²) < 4.78 is 6.55. The number of thioether (sulfide) groups is 1. The van der Waals surface area contributed by atoms with E-state index >= 15 is 0 Å². The van der Waals surface area contributed by atoms with E-state index in [0.717, 1.165) is 11.4 Å². The van der Waals surface area contributed by atoms with Gasteiger partial charge in [0.1, 0.15) is 0 Å². The fraction of sp³-hybridized carbons (Fsp3) is 0.286. The normalized spacial score (nSPS) is 10.9. The molecule has 0 aliphatic heterocycles. The summed E-state index contributed by atoms with van der Waals surface area (Å²) in [5.74, 6) is -0.943. The van der Waals surface area contributed by atoms with Gasteiger partial charge in [-0.05, 0) is 52.0 Å². The molecular formula is C21H20Cl2N4O3S. The third kappa shape index (κ3) is 5.26. The average Bonchev–Trinajstić information content (AvgIpc) is 3.04. The molecule has 0 saturated heterocycles. The maximum Gasteiger partial charge on any atom is 0.359 e. The van der Waals surface area contributed by atoms with E-state index in [0.29, 0.717) is 26.6 Å². The molecule has 3 rings (SSSR count). The Hall–Kier alpha value is -2.42. The van der Waals surface area contributed by atoms with Crippen LogP contribution in [0, 0.1) is 20.8 Å². The smallest absolute Gasteiger partial charge is 0.359 e. The zero-order valence-corrected chi connectivity index (χ0v) is 19.7. The van der Waals surface area contributed by atoms with Crippen molar-refractivity contribution in [3.05, 3.63) is 62.6 Å². The summed E-state index contributed by atoms with van der Waals surface area (Å²) >= 11 is 13.6. The second-order valence-corrected chi connectivity index (χ2v) is 8.47. The van der Waals surface area contributed by atoms with Crippen molar-refractivity contribution in [2.75, 3.05) is 12.4 Å². The maximum absolute atomic E-state index is 13.1. The van der Waals surface area contributed by atoms with Gasteiger partial charge < -0.3 is 4.74 Å². The fourth-order valence-electron chi connectivity index (χ4n) is 3.02. The SMILES string of the molecule is CCOC(=O)c1nn(-c2cc(Cl)ccc2Cl)c(C)c1C(=O)CSc1nc(C)cc(C)n1. The van der Waals surface area contributed by atoms with Gasteiger partial charge in [0.05, 0.1) is 34.3 Å². The highest BCUT2D eigenvalue weighted by molar-refractivity contribution is 7.99. The van der Waals surface area contributed by atoms with Gasteiger partial charge in [0.2, 0.25) is 0 Å². The number of esters is 1. The predicted octanol–water partition coefficient (Wildman–Crippen LogP) is 5.05. The van der Waals surface area contributed by atoms with Gasteiger partial charge >= 0.3 is 5.97 Å². The minimum atomic E-state index is -0.682. The molecule has 10 heteroatoms. The van der Waals surface area contributed by atoms with Crippen LogP contribution in [-0.2, 0) is 4.74 Å². The highest BCUT2D eigenvalue weighted by atomic mass is 35.5. The van der Waals surface area contributed by atoms with Crippen LogP contribution in [0.2, 0.25) is 10.0 Å². The molecule has 0 aliphatic carbocycles. The van der Waals surface area contributed by atoms with Crippen LogP contribution in [0.1, 0.15) is 44.9 Å². The number of aryl methyl sites for hydroxylation is 2. The number of Topliss-reactive ketones (excluding diaryl/α,β-unsaturated/α-hetero) is 1. The first-order valence-corrected chi connectivity index (χ1v) is 11.2. The Morgan fingerprint density at radius 2 is 1.77 bits per heavy atom. The zero-order chi connectivity index (χ0) is 22.7. The van der Waals surface area contributed by atoms with Gasteiger partial charge in [-0.15, -0.1) is 0 Å². The standard InChI is InChI=1S/C21H20Cl2N4O3S/c1-5-30-20(29)19-18(17(28)10-31-21-24-11(2)8-12(3)25-21)13(4)27(26-19)16-9-14(22)6-7-15(16)23/h6-9H,5,10H2,1-4H3. The highest BCUT2D eigenvalue weighted by Gasteiger charge is 2.28. The van der Waals surface area contributed by atoms with Crippen LogP contribution >= 0.6 is 35.0 Å². The number of carbonyl (C=O) groups is 2. The molecular weight excluding hydrogens is 459 g/mol. The van der Waals surface area contributed by atoms with Gasteiger partial charge in [-0.3, -0.25) is 4.79 Å². The summed E-state index contributed by atoms with van der Waals surface area (Å²) in [6.45, 7) is 7.26. The number of hydrogen-bond acceptors (Lipinski definition) is 7. The van der Waals surface area contributed by atoms with Crippen LogP contribution < -0.4 is 0 Å². The molecule has 2 aromatic heterocycles. The first-order chi connectivity index (χ1) is 14.7. The molecule has 7 nitrogen and oxygen atoms in total. The average molecular weight is 479 g/mol. The summed E-state index contributed by atoms with van der Waals surface area (Å²) in [5, 5.41) is 5.66. The number of carbonyl (C=O) groups excluding carboxylic acids is 2. The molecule has 0 bridgehead atoms. The third-order valence-electron chi connectivity index (χ3n) is 4.29. The number of aromatic nitrogens is 4. The molecule has 162 valence electrons. The van der Waals surface area contributed by atoms with E-state index in [-0.39, 0.29) is 29.4 Å². The van der Waals surface area contributed by atoms with E-state index in [1.165, 1.54) is 16.4 Å². The van der Waals surface area contributed by atoms with Crippen molar-refractivity contribution < 1.29 is 14.3 Å². The molecule has 1 aromatic carbocycles. The van der Waals surface area contributed by atoms with Crippen molar-refractivity contribution in [3.8, 4) is 5.69 Å². The van der Waals surface area contributed by atoms with E-state index in [1.807, 2.05) is 19.9 Å². The molecule has 31 heavy (non-hydrogen) atoms. The quantitative estimate of drug-likeness (QED) is 0.203. The summed E-state index contributed by atoms with van der Waals surface area (Å²) in [5.41, 5.74) is 2.65. The topological polar surface area (TPSA) is 87.0 Å². The first-order valence-electron chi connectivity index (χ1n) is 9.41. The van der Waals surface area contributed by atoms with Gasteiger partial charge in [0, 0.05) is 16.4 Å². The lowest BCUT2D eigenvalue weighted by molar-refractivity contribution is 0.0516. The molecule has 0 unspecified atom stereocenters. The Labute approximate surface area is 194 Å². The van der Waals surface area contributed by atoms with Crippen LogP contribution in [0.4, 0.5) is 0 Å². The summed E-state index contributed by atoms with van der Waals surface area (Å²) in [6, 6.07) is 6.74. The number of rotatable bonds is 7. The molecule has 0 radical (unpaired) electrons. The van der Waals surface area contributed by atoms with Gasteiger partial charge in [0.25, 0.3) is 0 Å². The Bertz CT molecular complexity index is 1140. The largest absolute Gasteiger partial charge is 0.461 e. The van der Waals surface area contributed by atoms with Crippen LogP contribution in [0.3, 0.4) is 0 Å². The molecule has 3 aromatic rings. The van der Waals surface area contributed by atoms with Gasteiger partial charge in [-0.2, -0.15) is 5.10 Å². The minimum Gasteiger partial charge on any atom is -0.461 e. The molecule has 0 atom stereocenters. The molecule has 0 amide bonds. The van der Waals surface area contributed by atoms with Gasteiger partial charge in [0.15, 0.2) is 16.6 Å². The van der Waals surface area contributed by atoms with E-state index < -0.39 is 5.97 Å². The van der Waals surface area contributed by atoms with Crippen molar-refractivity contribution >= 4 is 46.7 Å². The maximum atomic E-state index is 13.1. The monoisotopic (exact) mass is 478 g/mol. The number of hydrogen-bond donors (Lipinski definition) is 0. The number of halogens is 2. The second-order valence-electron chi connectivity index (χ2n) is 6.68. The fourth-order valence-corrected chi connectivity index (χ4v) is 4.21. The van der Waals surface area contributed by atoms with Crippen molar-refractivity contribution in [2.45, 2.75) is 32.9 Å². The summed E-state index contributed by atoms with van der Waals surface area (Å²) in [4.78, 5) is 34.4. The van der Waals surface area contributed by atoms with Crippen molar-refractivity contribution in [1.82, 2.24) is 19.7 Å². The Morgan fingerprint density at radius 3 is 2.42 bits per heavy atom. The number of ether oxygens (including phenoxy) is 1. The Morgan fingerprint density at radius 1 is 1.10 bits per heavy atom. The van der Waals surface area contributed by atoms with Crippen LogP contribution in [0.25, 0.3) is 5.69 Å². The lowest BCUT2D eigenvalue weighted by Gasteiger charge is -2.08. The van der Waals surface area contributed by atoms with E-state index in [9.17, 15) is 9.59 Å². The number of ketones is 1. The molecule has 0 N–H and O–H groups in total. The second kappa shape index (κ2) is 9.80. The van der Waals surface area contributed by atoms with Crippen molar-refractivity contribution in [2.24, 2.45) is 0 Å². The summed E-state index contributed by atoms with van der Waals surface area (Å²) in [6.07, 6.45) is 0. The van der Waals surface area contributed by atoms with Crippen molar-refractivity contribution in [1.29, 1.82) is 0 Å². The third-order valence-corrected chi connectivity index (χ3v) is 5.70. The van der Waals surface area contributed by atoms with Crippen molar-refractivity contribution in [3.63, 3.8) is 0 Å². The number of benzene rings is 1. The Balaban J connectivity index is 2.00. The highest BCUT2D eigenvalue weighted by Crippen LogP contribution is 2.28. The van der Waals surface area contributed by atoms with Gasteiger partial charge in [-0.1, -0.05) is 35.0 Å². The molecule has 0 spiro atoms. The molecule has 0 saturated carbocycles. The van der Waals surface area contributed by atoms with Gasteiger partial charge in [-0.25, -0.2) is 19.4 Å². The lowest BCUT2D eigenvalue weighted by atomic mass is 10.1. The van der Waals surface area contributed by atoms with E-state index in [1.54, 1.807) is 32.0 Å². The zero-order valence-electron chi connectivity index (χ0n) is 17.4. The van der Waals surface area contributed by atoms with Crippen LogP contribution in [0.5, 0.6) is 0 Å². The lowest BCUT2D eigenvalue weighted by Crippen LogP contribution is -2.13.